The van der Waals surface area contributed by atoms with Gasteiger partial charge in [0.25, 0.3) is 0 Å². The minimum atomic E-state index is 0.296. The summed E-state index contributed by atoms with van der Waals surface area (Å²) in [5.41, 5.74) is 2.34. The zero-order chi connectivity index (χ0) is 13.1. The fourth-order valence-electron chi connectivity index (χ4n) is 2.01. The van der Waals surface area contributed by atoms with Crippen LogP contribution in [-0.4, -0.2) is 11.2 Å². The maximum atomic E-state index is 4.49. The van der Waals surface area contributed by atoms with Gasteiger partial charge in [-0.15, -0.1) is 23.1 Å². The molecule has 1 heterocycles. The Hall–Kier alpha value is -1.00. The summed E-state index contributed by atoms with van der Waals surface area (Å²) in [6, 6.07) is 8.71. The molecular weight excluding hydrogens is 260 g/mol. The monoisotopic (exact) mass is 278 g/mol. The molecule has 1 N–H and O–H groups in total. The van der Waals surface area contributed by atoms with Crippen molar-refractivity contribution in [3.8, 4) is 0 Å². The predicted octanol–water partition coefficient (Wildman–Crippen LogP) is 4.65. The second-order valence-corrected chi connectivity index (χ2v) is 6.33. The molecule has 1 aromatic carbocycles. The Labute approximate surface area is 117 Å². The Morgan fingerprint density at radius 2 is 2.00 bits per heavy atom. The molecule has 0 spiro atoms. The number of rotatable bonds is 4. The van der Waals surface area contributed by atoms with Crippen molar-refractivity contribution in [1.29, 1.82) is 0 Å². The van der Waals surface area contributed by atoms with Crippen LogP contribution in [0.2, 0.25) is 0 Å². The molecule has 0 aliphatic heterocycles. The Morgan fingerprint density at radius 1 is 1.28 bits per heavy atom. The first-order valence-electron chi connectivity index (χ1n) is 5.95. The maximum absolute atomic E-state index is 4.49. The molecule has 1 aromatic heterocycles. The normalized spacial score (nSPS) is 12.4. The molecule has 0 amide bonds. The summed E-state index contributed by atoms with van der Waals surface area (Å²) >= 11 is 3.54. The van der Waals surface area contributed by atoms with Crippen molar-refractivity contribution in [2.24, 2.45) is 0 Å². The van der Waals surface area contributed by atoms with Crippen molar-refractivity contribution in [3.63, 3.8) is 0 Å². The molecule has 0 radical (unpaired) electrons. The van der Waals surface area contributed by atoms with Crippen LogP contribution in [-0.2, 0) is 0 Å². The summed E-state index contributed by atoms with van der Waals surface area (Å²) in [6.45, 7) is 6.33. The lowest BCUT2D eigenvalue weighted by molar-refractivity contribution is 0.884. The Kier molecular flexibility index (Phi) is 4.30. The van der Waals surface area contributed by atoms with Crippen LogP contribution in [0.15, 0.2) is 29.2 Å². The molecule has 4 heteroatoms. The summed E-state index contributed by atoms with van der Waals surface area (Å²) < 4.78 is 0. The number of para-hydroxylation sites is 1. The second-order valence-electron chi connectivity index (χ2n) is 4.25. The third-order valence-corrected chi connectivity index (χ3v) is 4.86. The highest BCUT2D eigenvalue weighted by molar-refractivity contribution is 7.98. The van der Waals surface area contributed by atoms with Gasteiger partial charge in [0.05, 0.1) is 16.7 Å². The first-order chi connectivity index (χ1) is 8.61. The molecule has 96 valence electrons. The van der Waals surface area contributed by atoms with E-state index in [1.54, 1.807) is 23.1 Å². The number of hydrogen-bond acceptors (Lipinski definition) is 4. The van der Waals surface area contributed by atoms with Gasteiger partial charge in [-0.2, -0.15) is 0 Å². The van der Waals surface area contributed by atoms with Gasteiger partial charge >= 0.3 is 0 Å². The molecule has 2 nitrogen and oxygen atoms in total. The maximum Gasteiger partial charge on any atom is 0.0900 e. The number of anilines is 1. The van der Waals surface area contributed by atoms with Gasteiger partial charge in [-0.1, -0.05) is 12.1 Å². The van der Waals surface area contributed by atoms with Gasteiger partial charge in [-0.3, -0.25) is 0 Å². The molecule has 1 atom stereocenters. The van der Waals surface area contributed by atoms with E-state index in [9.17, 15) is 0 Å². The lowest BCUT2D eigenvalue weighted by Gasteiger charge is -2.16. The smallest absolute Gasteiger partial charge is 0.0900 e. The van der Waals surface area contributed by atoms with Crippen LogP contribution < -0.4 is 5.32 Å². The van der Waals surface area contributed by atoms with E-state index in [-0.39, 0.29) is 0 Å². The number of nitrogens with zero attached hydrogens (tertiary/aromatic N) is 1. The van der Waals surface area contributed by atoms with E-state index >= 15 is 0 Å². The fourth-order valence-corrected chi connectivity index (χ4v) is 3.50. The molecule has 2 aromatic rings. The average molecular weight is 278 g/mol. The van der Waals surface area contributed by atoms with Crippen LogP contribution in [0.25, 0.3) is 0 Å². The van der Waals surface area contributed by atoms with Gasteiger partial charge in [0, 0.05) is 15.5 Å². The number of benzene rings is 1. The quantitative estimate of drug-likeness (QED) is 0.824. The van der Waals surface area contributed by atoms with Crippen LogP contribution in [0, 0.1) is 13.8 Å². The first kappa shape index (κ1) is 13.4. The van der Waals surface area contributed by atoms with Gasteiger partial charge in [0.15, 0.2) is 0 Å². The minimum absolute atomic E-state index is 0.296. The topological polar surface area (TPSA) is 24.9 Å². The number of hydrogen-bond donors (Lipinski definition) is 1. The first-order valence-corrected chi connectivity index (χ1v) is 7.99. The van der Waals surface area contributed by atoms with Crippen LogP contribution in [0.5, 0.6) is 0 Å². The van der Waals surface area contributed by atoms with Crippen molar-refractivity contribution in [2.75, 3.05) is 11.6 Å². The molecule has 1 unspecified atom stereocenters. The van der Waals surface area contributed by atoms with E-state index in [4.69, 9.17) is 0 Å². The molecule has 0 fully saturated rings. The van der Waals surface area contributed by atoms with E-state index in [0.717, 1.165) is 10.7 Å². The summed E-state index contributed by atoms with van der Waals surface area (Å²) in [6.07, 6.45) is 2.10. The van der Waals surface area contributed by atoms with E-state index in [2.05, 4.69) is 61.6 Å². The lowest BCUT2D eigenvalue weighted by atomic mass is 10.2. The van der Waals surface area contributed by atoms with Crippen LogP contribution in [0.4, 0.5) is 5.69 Å². The predicted molar refractivity (Wildman–Crippen MR) is 81.8 cm³/mol. The number of nitrogens with one attached hydrogen (secondary N) is 1. The van der Waals surface area contributed by atoms with E-state index in [0.29, 0.717) is 6.04 Å². The minimum Gasteiger partial charge on any atom is -0.377 e. The number of thiazole rings is 1. The molecular formula is C14H18N2S2. The number of thioether (sulfide) groups is 1. The van der Waals surface area contributed by atoms with Gasteiger partial charge in [-0.05, 0) is 39.2 Å². The molecule has 0 aliphatic carbocycles. The van der Waals surface area contributed by atoms with Crippen LogP contribution in [0.3, 0.4) is 0 Å². The Morgan fingerprint density at radius 3 is 2.61 bits per heavy atom. The number of aryl methyl sites for hydroxylation is 2. The molecule has 18 heavy (non-hydrogen) atoms. The number of aromatic nitrogens is 1. The zero-order valence-corrected chi connectivity index (χ0v) is 12.8. The van der Waals surface area contributed by atoms with E-state index in [1.165, 1.54) is 15.5 Å². The largest absolute Gasteiger partial charge is 0.377 e. The molecule has 0 bridgehead atoms. The SMILES string of the molecule is CSc1ccccc1NC(C)c1sc(C)nc1C. The van der Waals surface area contributed by atoms with Crippen molar-refractivity contribution < 1.29 is 0 Å². The lowest BCUT2D eigenvalue weighted by Crippen LogP contribution is -2.07. The summed E-state index contributed by atoms with van der Waals surface area (Å²) in [5, 5.41) is 4.72. The van der Waals surface area contributed by atoms with Gasteiger partial charge < -0.3 is 5.32 Å². The third-order valence-electron chi connectivity index (χ3n) is 2.81. The molecule has 0 aliphatic rings. The Bertz CT molecular complexity index is 534. The zero-order valence-electron chi connectivity index (χ0n) is 11.2. The van der Waals surface area contributed by atoms with Crippen molar-refractivity contribution in [1.82, 2.24) is 4.98 Å². The van der Waals surface area contributed by atoms with E-state index < -0.39 is 0 Å². The van der Waals surface area contributed by atoms with Crippen LogP contribution >= 0.6 is 23.1 Å². The highest BCUT2D eigenvalue weighted by Gasteiger charge is 2.13. The standard InChI is InChI=1S/C14H18N2S2/c1-9-14(18-11(3)15-9)10(2)16-12-7-5-6-8-13(12)17-4/h5-8,10,16H,1-4H3. The molecule has 2 rings (SSSR count). The summed E-state index contributed by atoms with van der Waals surface area (Å²) in [5.74, 6) is 0. The van der Waals surface area contributed by atoms with Crippen molar-refractivity contribution in [3.05, 3.63) is 39.8 Å². The van der Waals surface area contributed by atoms with Crippen molar-refractivity contribution in [2.45, 2.75) is 31.7 Å². The average Bonchev–Trinajstić information content (AvgIpc) is 2.69. The second kappa shape index (κ2) is 5.76. The fraction of sp³-hybridized carbons (Fsp3) is 0.357. The van der Waals surface area contributed by atoms with Crippen LogP contribution in [0.1, 0.15) is 28.5 Å². The molecule has 0 saturated heterocycles. The van der Waals surface area contributed by atoms with Gasteiger partial charge in [0.1, 0.15) is 0 Å². The van der Waals surface area contributed by atoms with Gasteiger partial charge in [-0.25, -0.2) is 4.98 Å². The third kappa shape index (κ3) is 2.87. The summed E-state index contributed by atoms with van der Waals surface area (Å²) in [4.78, 5) is 7.09. The van der Waals surface area contributed by atoms with E-state index in [1.807, 2.05) is 0 Å². The summed E-state index contributed by atoms with van der Waals surface area (Å²) in [7, 11) is 0. The van der Waals surface area contributed by atoms with Crippen molar-refractivity contribution >= 4 is 28.8 Å². The molecule has 0 saturated carbocycles. The highest BCUT2D eigenvalue weighted by atomic mass is 32.2. The Balaban J connectivity index is 2.21. The van der Waals surface area contributed by atoms with Gasteiger partial charge in [0.2, 0.25) is 0 Å². The highest BCUT2D eigenvalue weighted by Crippen LogP contribution is 2.31.